The van der Waals surface area contributed by atoms with Gasteiger partial charge in [0.15, 0.2) is 0 Å². The van der Waals surface area contributed by atoms with Crippen LogP contribution in [0, 0.1) is 0 Å². The van der Waals surface area contributed by atoms with E-state index in [9.17, 15) is 9.59 Å². The Morgan fingerprint density at radius 3 is 2.64 bits per heavy atom. The normalized spacial score (nSPS) is 17.1. The van der Waals surface area contributed by atoms with Gasteiger partial charge in [0, 0.05) is 18.9 Å². The number of hydrogen-bond acceptors (Lipinski definition) is 4. The predicted molar refractivity (Wildman–Crippen MR) is 114 cm³/mol. The van der Waals surface area contributed by atoms with Gasteiger partial charge in [-0.2, -0.15) is 0 Å². The smallest absolute Gasteiger partial charge is 0.253 e. The van der Waals surface area contributed by atoms with Crippen LogP contribution in [0.25, 0.3) is 0 Å². The number of anilines is 1. The van der Waals surface area contributed by atoms with E-state index < -0.39 is 0 Å². The predicted octanol–water partition coefficient (Wildman–Crippen LogP) is 3.86. The number of para-hydroxylation sites is 1. The Bertz CT molecular complexity index is 791. The van der Waals surface area contributed by atoms with Crippen molar-refractivity contribution in [3.63, 3.8) is 0 Å². The highest BCUT2D eigenvalue weighted by Crippen LogP contribution is 2.21. The first-order valence-electron chi connectivity index (χ1n) is 9.58. The molecule has 0 radical (unpaired) electrons. The summed E-state index contributed by atoms with van der Waals surface area (Å²) >= 11 is 1.57. The number of benzene rings is 2. The summed E-state index contributed by atoms with van der Waals surface area (Å²) in [5.74, 6) is 0.454. The van der Waals surface area contributed by atoms with Crippen LogP contribution >= 0.6 is 11.8 Å². The van der Waals surface area contributed by atoms with Crippen LogP contribution < -0.4 is 10.6 Å². The molecular weight excluding hydrogens is 372 g/mol. The summed E-state index contributed by atoms with van der Waals surface area (Å²) in [4.78, 5) is 25.2. The highest BCUT2D eigenvalue weighted by molar-refractivity contribution is 7.99. The molecule has 1 aliphatic heterocycles. The summed E-state index contributed by atoms with van der Waals surface area (Å²) in [5, 5.41) is 5.58. The van der Waals surface area contributed by atoms with Gasteiger partial charge in [-0.05, 0) is 37.5 Å². The Kier molecular flexibility index (Phi) is 7.51. The lowest BCUT2D eigenvalue weighted by Crippen LogP contribution is -2.32. The van der Waals surface area contributed by atoms with Crippen molar-refractivity contribution in [3.05, 3.63) is 65.7 Å². The fraction of sp³-hybridized carbons (Fsp3) is 0.364. The van der Waals surface area contributed by atoms with Gasteiger partial charge in [-0.1, -0.05) is 42.5 Å². The third-order valence-electron chi connectivity index (χ3n) is 4.66. The van der Waals surface area contributed by atoms with E-state index in [4.69, 9.17) is 4.74 Å². The number of nitrogens with one attached hydrogen (secondary N) is 2. The molecule has 2 atom stereocenters. The lowest BCUT2D eigenvalue weighted by Gasteiger charge is -2.16. The maximum atomic E-state index is 12.6. The third-order valence-corrected chi connectivity index (χ3v) is 5.87. The summed E-state index contributed by atoms with van der Waals surface area (Å²) in [7, 11) is 0. The molecule has 0 unspecified atom stereocenters. The van der Waals surface area contributed by atoms with Gasteiger partial charge >= 0.3 is 0 Å². The molecule has 6 heteroatoms. The maximum Gasteiger partial charge on any atom is 0.253 e. The minimum atomic E-state index is -0.233. The van der Waals surface area contributed by atoms with E-state index in [1.807, 2.05) is 43.3 Å². The molecule has 5 nitrogen and oxygen atoms in total. The Morgan fingerprint density at radius 2 is 1.89 bits per heavy atom. The molecule has 0 spiro atoms. The first-order valence-corrected chi connectivity index (χ1v) is 10.6. The zero-order valence-electron chi connectivity index (χ0n) is 16.0. The topological polar surface area (TPSA) is 67.4 Å². The van der Waals surface area contributed by atoms with Crippen molar-refractivity contribution in [3.8, 4) is 0 Å². The van der Waals surface area contributed by atoms with Crippen molar-refractivity contribution < 1.29 is 14.3 Å². The Labute approximate surface area is 170 Å². The number of carbonyl (C=O) groups excluding carboxylic acids is 2. The van der Waals surface area contributed by atoms with Crippen LogP contribution in [0.15, 0.2) is 54.6 Å². The molecule has 28 heavy (non-hydrogen) atoms. The van der Waals surface area contributed by atoms with Crippen molar-refractivity contribution in [2.75, 3.05) is 18.5 Å². The van der Waals surface area contributed by atoms with Gasteiger partial charge in [0.05, 0.1) is 22.6 Å². The van der Waals surface area contributed by atoms with Crippen molar-refractivity contribution in [1.29, 1.82) is 0 Å². The zero-order valence-corrected chi connectivity index (χ0v) is 16.8. The average Bonchev–Trinajstić information content (AvgIpc) is 3.25. The molecule has 0 saturated carbocycles. The highest BCUT2D eigenvalue weighted by Gasteiger charge is 2.20. The summed E-state index contributed by atoms with van der Waals surface area (Å²) in [6.07, 6.45) is 2.08. The Morgan fingerprint density at radius 1 is 1.14 bits per heavy atom. The molecule has 1 saturated heterocycles. The number of carbonyl (C=O) groups is 2. The van der Waals surface area contributed by atoms with E-state index >= 15 is 0 Å². The van der Waals surface area contributed by atoms with E-state index in [0.717, 1.165) is 25.2 Å². The monoisotopic (exact) mass is 398 g/mol. The molecule has 0 bridgehead atoms. The van der Waals surface area contributed by atoms with Gasteiger partial charge in [-0.3, -0.25) is 9.59 Å². The van der Waals surface area contributed by atoms with Gasteiger partial charge in [0.2, 0.25) is 5.91 Å². The standard InChI is InChI=1S/C22H26N2O3S/c1-16(28-15-17-8-3-2-4-9-17)21(25)24-20-12-6-5-11-19(20)22(26)23-14-18-10-7-13-27-18/h2-6,8-9,11-12,16,18H,7,10,13-15H2,1H3,(H,23,26)(H,24,25)/t16-,18-/m1/s1. The van der Waals surface area contributed by atoms with E-state index in [-0.39, 0.29) is 23.2 Å². The van der Waals surface area contributed by atoms with Crippen molar-refractivity contribution in [1.82, 2.24) is 5.32 Å². The quantitative estimate of drug-likeness (QED) is 0.709. The average molecular weight is 399 g/mol. The maximum absolute atomic E-state index is 12.6. The van der Waals surface area contributed by atoms with E-state index in [1.54, 1.807) is 30.0 Å². The van der Waals surface area contributed by atoms with Crippen LogP contribution in [-0.2, 0) is 15.3 Å². The van der Waals surface area contributed by atoms with Gasteiger partial charge < -0.3 is 15.4 Å². The first-order chi connectivity index (χ1) is 13.6. The van der Waals surface area contributed by atoms with Gasteiger partial charge in [0.25, 0.3) is 5.91 Å². The van der Waals surface area contributed by atoms with Crippen LogP contribution in [0.2, 0.25) is 0 Å². The molecule has 0 aromatic heterocycles. The highest BCUT2D eigenvalue weighted by atomic mass is 32.2. The second-order valence-electron chi connectivity index (χ2n) is 6.82. The van der Waals surface area contributed by atoms with Crippen LogP contribution in [0.3, 0.4) is 0 Å². The van der Waals surface area contributed by atoms with Crippen molar-refractivity contribution >= 4 is 29.3 Å². The van der Waals surface area contributed by atoms with Crippen LogP contribution in [0.1, 0.15) is 35.7 Å². The molecule has 0 aliphatic carbocycles. The lowest BCUT2D eigenvalue weighted by atomic mass is 10.1. The summed E-state index contributed by atoms with van der Waals surface area (Å²) in [6.45, 7) is 3.12. The number of rotatable bonds is 8. The number of ether oxygens (including phenoxy) is 1. The zero-order chi connectivity index (χ0) is 19.8. The molecule has 1 heterocycles. The summed E-state index contributed by atoms with van der Waals surface area (Å²) in [5.41, 5.74) is 2.18. The Balaban J connectivity index is 1.55. The Hall–Kier alpha value is -2.31. The minimum absolute atomic E-state index is 0.0834. The molecule has 2 aromatic rings. The first kappa shape index (κ1) is 20.4. The van der Waals surface area contributed by atoms with Gasteiger partial charge in [-0.15, -0.1) is 11.8 Å². The molecule has 2 amide bonds. The van der Waals surface area contributed by atoms with E-state index in [2.05, 4.69) is 10.6 Å². The molecule has 1 aliphatic rings. The van der Waals surface area contributed by atoms with Crippen LogP contribution in [0.5, 0.6) is 0 Å². The minimum Gasteiger partial charge on any atom is -0.376 e. The molecule has 2 aromatic carbocycles. The molecule has 148 valence electrons. The SMILES string of the molecule is C[C@@H](SCc1ccccc1)C(=O)Nc1ccccc1C(=O)NC[C@H]1CCCO1. The number of amides is 2. The second kappa shape index (κ2) is 10.3. The summed E-state index contributed by atoms with van der Waals surface area (Å²) < 4.78 is 5.54. The van der Waals surface area contributed by atoms with Crippen LogP contribution in [-0.4, -0.2) is 36.3 Å². The number of thioether (sulfide) groups is 1. The summed E-state index contributed by atoms with van der Waals surface area (Å²) in [6, 6.07) is 17.1. The van der Waals surface area contributed by atoms with Crippen molar-refractivity contribution in [2.24, 2.45) is 0 Å². The largest absolute Gasteiger partial charge is 0.376 e. The number of hydrogen-bond donors (Lipinski definition) is 2. The third kappa shape index (κ3) is 5.84. The molecular formula is C22H26N2O3S. The lowest BCUT2D eigenvalue weighted by molar-refractivity contribution is -0.115. The van der Waals surface area contributed by atoms with E-state index in [1.165, 1.54) is 5.56 Å². The fourth-order valence-electron chi connectivity index (χ4n) is 3.00. The van der Waals surface area contributed by atoms with E-state index in [0.29, 0.717) is 17.8 Å². The molecule has 3 rings (SSSR count). The van der Waals surface area contributed by atoms with Gasteiger partial charge in [-0.25, -0.2) is 0 Å². The second-order valence-corrected chi connectivity index (χ2v) is 8.15. The van der Waals surface area contributed by atoms with Gasteiger partial charge in [0.1, 0.15) is 0 Å². The van der Waals surface area contributed by atoms with Crippen molar-refractivity contribution in [2.45, 2.75) is 36.9 Å². The van der Waals surface area contributed by atoms with Crippen LogP contribution in [0.4, 0.5) is 5.69 Å². The molecule has 2 N–H and O–H groups in total. The molecule has 1 fully saturated rings. The fourth-order valence-corrected chi connectivity index (χ4v) is 3.85.